The maximum atomic E-state index is 15.0. The van der Waals surface area contributed by atoms with Gasteiger partial charge in [-0.1, -0.05) is 127 Å². The fraction of sp³-hybridized carbons (Fsp3) is 0.0789. The molecule has 1 aliphatic carbocycles. The molecule has 0 amide bonds. The highest BCUT2D eigenvalue weighted by atomic mass is 79.9. The number of benzene rings is 5. The highest BCUT2D eigenvalue weighted by Gasteiger charge is 2.36. The van der Waals surface area contributed by atoms with Crippen molar-refractivity contribution in [2.75, 3.05) is 0 Å². The minimum absolute atomic E-state index is 0.0691. The van der Waals surface area contributed by atoms with Crippen molar-refractivity contribution < 1.29 is 4.32 Å². The Kier molecular flexibility index (Phi) is 6.67. The Balaban J connectivity index is 0.000000154. The average molecular weight is 608 g/mol. The maximum Gasteiger partial charge on any atom is 0.414 e. The normalized spacial score (nSPS) is 13.4. The van der Waals surface area contributed by atoms with Gasteiger partial charge in [-0.25, -0.2) is 0 Å². The molecular weight excluding hydrogens is 580 g/mol. The zero-order valence-electron chi connectivity index (χ0n) is 23.5. The van der Waals surface area contributed by atoms with Crippen LogP contribution in [0.4, 0.5) is 4.32 Å². The highest BCUT2D eigenvalue weighted by Crippen LogP contribution is 2.48. The molecule has 1 aromatic heterocycles. The molecule has 42 heavy (non-hydrogen) atoms. The van der Waals surface area contributed by atoms with Crippen LogP contribution in [0.25, 0.3) is 44.6 Å². The van der Waals surface area contributed by atoms with Crippen LogP contribution in [0.2, 0.25) is 0 Å². The summed E-state index contributed by atoms with van der Waals surface area (Å²) in [6.07, 6.45) is 1.87. The molecule has 0 radical (unpaired) electrons. The van der Waals surface area contributed by atoms with Crippen LogP contribution in [0.3, 0.4) is 0 Å². The smallest absolute Gasteiger partial charge is 0.322 e. The zero-order valence-corrected chi connectivity index (χ0v) is 25.1. The number of nitrogens with zero attached hydrogens (tertiary/aromatic N) is 1. The fourth-order valence-corrected chi connectivity index (χ4v) is 6.70. The SMILES string of the molecule is CC1(C)c2ccc(Br)cc2-c2ncccc21.FB1c2ccc(-c3ccccc3)cc2-c2cc(-c3ccccc3)ccc21. The van der Waals surface area contributed by atoms with Gasteiger partial charge >= 0.3 is 6.99 Å². The van der Waals surface area contributed by atoms with Gasteiger partial charge in [-0.2, -0.15) is 0 Å². The Labute approximate surface area is 255 Å². The summed E-state index contributed by atoms with van der Waals surface area (Å²) in [5.74, 6) is 0. The van der Waals surface area contributed by atoms with Crippen LogP contribution in [0.5, 0.6) is 0 Å². The molecule has 0 saturated heterocycles. The van der Waals surface area contributed by atoms with Gasteiger partial charge in [0, 0.05) is 21.6 Å². The number of rotatable bonds is 2. The summed E-state index contributed by atoms with van der Waals surface area (Å²) in [6.45, 7) is 3.47. The molecule has 4 heteroatoms. The molecule has 6 aromatic rings. The van der Waals surface area contributed by atoms with E-state index in [0.29, 0.717) is 0 Å². The molecule has 5 aromatic carbocycles. The molecule has 0 unspecified atom stereocenters. The lowest BCUT2D eigenvalue weighted by Gasteiger charge is -2.20. The van der Waals surface area contributed by atoms with Crippen LogP contribution in [0.15, 0.2) is 138 Å². The fourth-order valence-electron chi connectivity index (χ4n) is 6.34. The molecule has 0 spiro atoms. The molecule has 0 fully saturated rings. The summed E-state index contributed by atoms with van der Waals surface area (Å²) >= 11 is 3.53. The molecular formula is C38H28BBrFN. The van der Waals surface area contributed by atoms with Crippen LogP contribution < -0.4 is 10.9 Å². The van der Waals surface area contributed by atoms with E-state index in [9.17, 15) is 4.32 Å². The van der Waals surface area contributed by atoms with Crippen molar-refractivity contribution in [3.63, 3.8) is 0 Å². The number of pyridine rings is 1. The third-order valence-electron chi connectivity index (χ3n) is 8.55. The second-order valence-electron chi connectivity index (χ2n) is 11.4. The van der Waals surface area contributed by atoms with Crippen LogP contribution >= 0.6 is 15.9 Å². The first kappa shape index (κ1) is 26.6. The Bertz CT molecular complexity index is 1850. The molecule has 0 saturated carbocycles. The first-order valence-electron chi connectivity index (χ1n) is 14.2. The minimum atomic E-state index is -1.05. The van der Waals surface area contributed by atoms with Gasteiger partial charge in [-0.05, 0) is 85.8 Å². The lowest BCUT2D eigenvalue weighted by atomic mass is 9.62. The molecule has 202 valence electrons. The Morgan fingerprint density at radius 3 is 1.71 bits per heavy atom. The van der Waals surface area contributed by atoms with E-state index in [2.05, 4.69) is 95.4 Å². The van der Waals surface area contributed by atoms with Crippen molar-refractivity contribution >= 4 is 33.8 Å². The lowest BCUT2D eigenvalue weighted by molar-refractivity contribution is 0.659. The third-order valence-corrected chi connectivity index (χ3v) is 9.04. The summed E-state index contributed by atoms with van der Waals surface area (Å²) in [7, 11) is 0. The van der Waals surface area contributed by atoms with E-state index < -0.39 is 6.99 Å². The van der Waals surface area contributed by atoms with E-state index in [0.717, 1.165) is 54.5 Å². The van der Waals surface area contributed by atoms with Gasteiger partial charge in [-0.15, -0.1) is 0 Å². The van der Waals surface area contributed by atoms with Gasteiger partial charge in [0.25, 0.3) is 0 Å². The van der Waals surface area contributed by atoms with E-state index >= 15 is 0 Å². The Morgan fingerprint density at radius 1 is 0.571 bits per heavy atom. The van der Waals surface area contributed by atoms with Gasteiger partial charge in [0.1, 0.15) is 0 Å². The minimum Gasteiger partial charge on any atom is -0.322 e. The molecule has 2 aliphatic rings. The molecule has 0 bridgehead atoms. The van der Waals surface area contributed by atoms with E-state index in [1.807, 2.05) is 72.9 Å². The van der Waals surface area contributed by atoms with Crippen molar-refractivity contribution in [1.29, 1.82) is 0 Å². The van der Waals surface area contributed by atoms with Crippen molar-refractivity contribution in [1.82, 2.24) is 4.98 Å². The molecule has 1 nitrogen and oxygen atoms in total. The van der Waals surface area contributed by atoms with Gasteiger partial charge in [-0.3, -0.25) is 4.98 Å². The van der Waals surface area contributed by atoms with Crippen LogP contribution in [0, 0.1) is 0 Å². The lowest BCUT2D eigenvalue weighted by Crippen LogP contribution is -2.33. The summed E-state index contributed by atoms with van der Waals surface area (Å²) in [5.41, 5.74) is 13.2. The largest absolute Gasteiger partial charge is 0.414 e. The van der Waals surface area contributed by atoms with E-state index in [1.165, 1.54) is 16.7 Å². The van der Waals surface area contributed by atoms with Crippen molar-refractivity contribution in [2.24, 2.45) is 0 Å². The van der Waals surface area contributed by atoms with Gasteiger partial charge in [0.15, 0.2) is 0 Å². The van der Waals surface area contributed by atoms with E-state index in [4.69, 9.17) is 0 Å². The standard InChI is InChI=1S/C24H16BF.C14H12BrN/c26-25-23-13-11-19(17-7-3-1-4-8-17)15-21(23)22-16-20(12-14-24(22)25)18-9-5-2-6-10-18;1-14(2)11-6-5-9(15)8-10(11)13-12(14)4-3-7-16-13/h1-16H;3-8H,1-2H3. The summed E-state index contributed by atoms with van der Waals surface area (Å²) in [4.78, 5) is 4.52. The quantitative estimate of drug-likeness (QED) is 0.179. The average Bonchev–Trinajstić information content (AvgIpc) is 3.44. The first-order chi connectivity index (χ1) is 20.4. The second kappa shape index (κ2) is 10.5. The predicted molar refractivity (Wildman–Crippen MR) is 178 cm³/mol. The van der Waals surface area contributed by atoms with Gasteiger partial charge in [0.2, 0.25) is 0 Å². The maximum absolute atomic E-state index is 15.0. The molecule has 2 heterocycles. The monoisotopic (exact) mass is 607 g/mol. The topological polar surface area (TPSA) is 12.9 Å². The summed E-state index contributed by atoms with van der Waals surface area (Å²) < 4.78 is 16.1. The van der Waals surface area contributed by atoms with Crippen LogP contribution in [0.1, 0.15) is 25.0 Å². The number of aromatic nitrogens is 1. The molecule has 0 atom stereocenters. The van der Waals surface area contributed by atoms with Crippen LogP contribution in [-0.4, -0.2) is 12.0 Å². The Morgan fingerprint density at radius 2 is 1.14 bits per heavy atom. The first-order valence-corrected chi connectivity index (χ1v) is 15.0. The molecule has 8 rings (SSSR count). The van der Waals surface area contributed by atoms with Gasteiger partial charge < -0.3 is 4.32 Å². The number of hydrogen-bond donors (Lipinski definition) is 0. The van der Waals surface area contributed by atoms with Gasteiger partial charge in [0.05, 0.1) is 5.69 Å². The van der Waals surface area contributed by atoms with E-state index in [-0.39, 0.29) is 5.41 Å². The van der Waals surface area contributed by atoms with Crippen molar-refractivity contribution in [3.05, 3.63) is 149 Å². The number of halogens is 2. The zero-order chi connectivity index (χ0) is 28.8. The third kappa shape index (κ3) is 4.51. The number of fused-ring (bicyclic) bond motifs is 6. The summed E-state index contributed by atoms with van der Waals surface area (Å²) in [6, 6.07) is 43.3. The predicted octanol–water partition coefficient (Wildman–Crippen LogP) is 9.23. The van der Waals surface area contributed by atoms with E-state index in [1.54, 1.807) is 0 Å². The Hall–Kier alpha value is -4.28. The van der Waals surface area contributed by atoms with Crippen molar-refractivity contribution in [2.45, 2.75) is 19.3 Å². The highest BCUT2D eigenvalue weighted by molar-refractivity contribution is 9.10. The molecule has 1 aliphatic heterocycles. The second-order valence-corrected chi connectivity index (χ2v) is 12.3. The summed E-state index contributed by atoms with van der Waals surface area (Å²) in [5, 5.41) is 0. The number of hydrogen-bond acceptors (Lipinski definition) is 1. The van der Waals surface area contributed by atoms with Crippen molar-refractivity contribution in [3.8, 4) is 44.6 Å². The molecule has 0 N–H and O–H groups in total. The van der Waals surface area contributed by atoms with Crippen LogP contribution in [-0.2, 0) is 5.41 Å².